The van der Waals surface area contributed by atoms with Crippen LogP contribution < -0.4 is 4.74 Å². The highest BCUT2D eigenvalue weighted by atomic mass is 16.6. The van der Waals surface area contributed by atoms with Crippen LogP contribution in [0.2, 0.25) is 0 Å². The van der Waals surface area contributed by atoms with Crippen LogP contribution >= 0.6 is 0 Å². The van der Waals surface area contributed by atoms with Crippen molar-refractivity contribution in [3.63, 3.8) is 0 Å². The molecule has 1 saturated heterocycles. The second-order valence-electron chi connectivity index (χ2n) is 2.97. The van der Waals surface area contributed by atoms with Gasteiger partial charge in [0.15, 0.2) is 0 Å². The van der Waals surface area contributed by atoms with Crippen LogP contribution in [0.5, 0.6) is 5.75 Å². The van der Waals surface area contributed by atoms with Crippen LogP contribution in [0.4, 0.5) is 5.69 Å². The monoisotopic (exact) mass is 191 g/mol. The molecule has 0 bridgehead atoms. The number of isocyanates is 1. The molecule has 0 saturated carbocycles. The van der Waals surface area contributed by atoms with Gasteiger partial charge in [-0.3, -0.25) is 0 Å². The number of hydrogen-bond acceptors (Lipinski definition) is 4. The van der Waals surface area contributed by atoms with Gasteiger partial charge in [-0.1, -0.05) is 0 Å². The Morgan fingerprint density at radius 1 is 1.36 bits per heavy atom. The van der Waals surface area contributed by atoms with Gasteiger partial charge in [-0.25, -0.2) is 4.79 Å². The third-order valence-corrected chi connectivity index (χ3v) is 1.92. The maximum Gasteiger partial charge on any atom is 0.240 e. The van der Waals surface area contributed by atoms with Crippen LogP contribution in [0.1, 0.15) is 0 Å². The number of rotatable bonds is 3. The lowest BCUT2D eigenvalue weighted by Crippen LogP contribution is -2.38. The van der Waals surface area contributed by atoms with Gasteiger partial charge in [0.05, 0.1) is 18.9 Å². The van der Waals surface area contributed by atoms with Crippen LogP contribution in [-0.2, 0) is 9.53 Å². The van der Waals surface area contributed by atoms with E-state index >= 15 is 0 Å². The first-order valence-electron chi connectivity index (χ1n) is 4.31. The van der Waals surface area contributed by atoms with Crippen molar-refractivity contribution in [3.05, 3.63) is 24.3 Å². The number of nitrogens with zero attached hydrogens (tertiary/aromatic N) is 1. The van der Waals surface area contributed by atoms with Gasteiger partial charge < -0.3 is 9.47 Å². The van der Waals surface area contributed by atoms with Crippen molar-refractivity contribution in [1.29, 1.82) is 0 Å². The molecule has 1 aliphatic heterocycles. The molecule has 0 radical (unpaired) electrons. The van der Waals surface area contributed by atoms with E-state index in [9.17, 15) is 4.79 Å². The summed E-state index contributed by atoms with van der Waals surface area (Å²) < 4.78 is 10.5. The molecule has 0 unspecified atom stereocenters. The molecule has 1 aliphatic rings. The first-order valence-corrected chi connectivity index (χ1v) is 4.31. The SMILES string of the molecule is O=C=Nc1ccc(OC2COC2)cc1. The predicted molar refractivity (Wildman–Crippen MR) is 49.5 cm³/mol. The van der Waals surface area contributed by atoms with Crippen molar-refractivity contribution < 1.29 is 14.3 Å². The summed E-state index contributed by atoms with van der Waals surface area (Å²) in [6, 6.07) is 6.96. The van der Waals surface area contributed by atoms with E-state index in [2.05, 4.69) is 4.99 Å². The maximum absolute atomic E-state index is 9.95. The van der Waals surface area contributed by atoms with Gasteiger partial charge in [-0.05, 0) is 24.3 Å². The summed E-state index contributed by atoms with van der Waals surface area (Å²) in [4.78, 5) is 13.4. The number of benzene rings is 1. The van der Waals surface area contributed by atoms with Gasteiger partial charge in [0.25, 0.3) is 0 Å². The molecule has 1 aromatic rings. The summed E-state index contributed by atoms with van der Waals surface area (Å²) in [5, 5.41) is 0. The Morgan fingerprint density at radius 2 is 2.07 bits per heavy atom. The Bertz CT molecular complexity index is 350. The molecule has 1 aromatic carbocycles. The Kier molecular flexibility index (Phi) is 2.58. The number of carbonyl (C=O) groups excluding carboxylic acids is 1. The van der Waals surface area contributed by atoms with Crippen molar-refractivity contribution >= 4 is 11.8 Å². The Morgan fingerprint density at radius 3 is 2.57 bits per heavy atom. The first kappa shape index (κ1) is 8.94. The topological polar surface area (TPSA) is 47.9 Å². The third kappa shape index (κ3) is 1.99. The van der Waals surface area contributed by atoms with Crippen molar-refractivity contribution in [2.75, 3.05) is 13.2 Å². The van der Waals surface area contributed by atoms with E-state index in [1.165, 1.54) is 6.08 Å². The summed E-state index contributed by atoms with van der Waals surface area (Å²) in [6.07, 6.45) is 1.64. The quantitative estimate of drug-likeness (QED) is 0.536. The first-order chi connectivity index (χ1) is 6.88. The molecule has 4 heteroatoms. The van der Waals surface area contributed by atoms with E-state index in [1.54, 1.807) is 24.3 Å². The van der Waals surface area contributed by atoms with Crippen molar-refractivity contribution in [3.8, 4) is 5.75 Å². The molecular weight excluding hydrogens is 182 g/mol. The fourth-order valence-corrected chi connectivity index (χ4v) is 1.13. The lowest BCUT2D eigenvalue weighted by atomic mass is 10.3. The number of hydrogen-bond donors (Lipinski definition) is 0. The Hall–Kier alpha value is -1.64. The highest BCUT2D eigenvalue weighted by Gasteiger charge is 2.19. The minimum Gasteiger partial charge on any atom is -0.486 e. The van der Waals surface area contributed by atoms with Crippen LogP contribution in [0.3, 0.4) is 0 Å². The van der Waals surface area contributed by atoms with Gasteiger partial charge in [0, 0.05) is 0 Å². The highest BCUT2D eigenvalue weighted by Crippen LogP contribution is 2.20. The van der Waals surface area contributed by atoms with Gasteiger partial charge in [0.1, 0.15) is 11.9 Å². The molecule has 4 nitrogen and oxygen atoms in total. The average Bonchev–Trinajstić information content (AvgIpc) is 2.14. The second-order valence-corrected chi connectivity index (χ2v) is 2.97. The standard InChI is InChI=1S/C10H9NO3/c12-7-11-8-1-3-9(4-2-8)14-10-5-13-6-10/h1-4,10H,5-6H2. The summed E-state index contributed by atoms with van der Waals surface area (Å²) in [5.74, 6) is 0.767. The van der Waals surface area contributed by atoms with Gasteiger partial charge >= 0.3 is 0 Å². The van der Waals surface area contributed by atoms with E-state index < -0.39 is 0 Å². The molecular formula is C10H9NO3. The summed E-state index contributed by atoms with van der Waals surface area (Å²) >= 11 is 0. The van der Waals surface area contributed by atoms with Crippen molar-refractivity contribution in [2.45, 2.75) is 6.10 Å². The molecule has 0 amide bonds. The zero-order chi connectivity index (χ0) is 9.80. The average molecular weight is 191 g/mol. The molecule has 0 aromatic heterocycles. The van der Waals surface area contributed by atoms with E-state index in [-0.39, 0.29) is 6.10 Å². The second kappa shape index (κ2) is 4.05. The third-order valence-electron chi connectivity index (χ3n) is 1.92. The lowest BCUT2D eigenvalue weighted by Gasteiger charge is -2.26. The normalized spacial score (nSPS) is 15.4. The fraction of sp³-hybridized carbons (Fsp3) is 0.300. The van der Waals surface area contributed by atoms with Crippen LogP contribution in [-0.4, -0.2) is 25.4 Å². The molecule has 0 N–H and O–H groups in total. The van der Waals surface area contributed by atoms with Gasteiger partial charge in [-0.2, -0.15) is 4.99 Å². The largest absolute Gasteiger partial charge is 0.486 e. The molecule has 14 heavy (non-hydrogen) atoms. The van der Waals surface area contributed by atoms with E-state index in [1.807, 2.05) is 0 Å². The van der Waals surface area contributed by atoms with Crippen molar-refractivity contribution in [1.82, 2.24) is 0 Å². The summed E-state index contributed by atoms with van der Waals surface area (Å²) in [5.41, 5.74) is 0.581. The van der Waals surface area contributed by atoms with Crippen LogP contribution in [0.25, 0.3) is 0 Å². The highest BCUT2D eigenvalue weighted by molar-refractivity contribution is 5.50. The molecule has 0 spiro atoms. The fourth-order valence-electron chi connectivity index (χ4n) is 1.13. The number of ether oxygens (including phenoxy) is 2. The molecule has 1 fully saturated rings. The zero-order valence-corrected chi connectivity index (χ0v) is 7.47. The van der Waals surface area contributed by atoms with Crippen LogP contribution in [0.15, 0.2) is 29.3 Å². The van der Waals surface area contributed by atoms with E-state index in [0.29, 0.717) is 18.9 Å². The smallest absolute Gasteiger partial charge is 0.240 e. The minimum absolute atomic E-state index is 0.162. The summed E-state index contributed by atoms with van der Waals surface area (Å²) in [6.45, 7) is 1.29. The Labute approximate surface area is 81.2 Å². The maximum atomic E-state index is 9.95. The summed E-state index contributed by atoms with van der Waals surface area (Å²) in [7, 11) is 0. The Balaban J connectivity index is 2.01. The van der Waals surface area contributed by atoms with E-state index in [0.717, 1.165) is 5.75 Å². The lowest BCUT2D eigenvalue weighted by molar-refractivity contribution is -0.0796. The van der Waals surface area contributed by atoms with Crippen molar-refractivity contribution in [2.24, 2.45) is 4.99 Å². The number of aliphatic imine (C=N–C) groups is 1. The van der Waals surface area contributed by atoms with Crippen LogP contribution in [0, 0.1) is 0 Å². The molecule has 0 aliphatic carbocycles. The predicted octanol–water partition coefficient (Wildman–Crippen LogP) is 1.43. The molecule has 0 atom stereocenters. The minimum atomic E-state index is 0.162. The van der Waals surface area contributed by atoms with Gasteiger partial charge in [-0.15, -0.1) is 0 Å². The van der Waals surface area contributed by atoms with Gasteiger partial charge in [0.2, 0.25) is 6.08 Å². The molecule has 72 valence electrons. The molecule has 1 heterocycles. The zero-order valence-electron chi connectivity index (χ0n) is 7.47. The van der Waals surface area contributed by atoms with E-state index in [4.69, 9.17) is 9.47 Å². The molecule has 2 rings (SSSR count).